The van der Waals surface area contributed by atoms with Crippen LogP contribution in [0.15, 0.2) is 17.3 Å². The number of aryl methyl sites for hydroxylation is 1. The van der Waals surface area contributed by atoms with Gasteiger partial charge in [0.15, 0.2) is 5.03 Å². The highest BCUT2D eigenvalue weighted by molar-refractivity contribution is 7.89. The quantitative estimate of drug-likeness (QED) is 0.851. The second-order valence-electron chi connectivity index (χ2n) is 5.96. The average Bonchev–Trinajstić information content (AvgIpc) is 2.78. The molecule has 2 heterocycles. The van der Waals surface area contributed by atoms with Gasteiger partial charge in [0.1, 0.15) is 0 Å². The van der Waals surface area contributed by atoms with Gasteiger partial charge in [0.25, 0.3) is 10.0 Å². The van der Waals surface area contributed by atoms with E-state index in [0.717, 1.165) is 19.3 Å². The Morgan fingerprint density at radius 3 is 2.53 bits per heavy atom. The van der Waals surface area contributed by atoms with Crippen LogP contribution in [-0.4, -0.2) is 35.6 Å². The van der Waals surface area contributed by atoms with Crippen LogP contribution in [0.5, 0.6) is 0 Å². The standard InChI is InChI=1S/C13H23N3O2S/c1-4-9-16-12(5-8-14-16)19(17,18)15-10-6-13(2,3)7-11-15/h5,8H,4,6-7,9-11H2,1-3H3. The normalized spacial score (nSPS) is 20.6. The minimum atomic E-state index is -3.39. The first-order valence-corrected chi connectivity index (χ1v) is 8.33. The molecule has 0 amide bonds. The van der Waals surface area contributed by atoms with Crippen molar-refractivity contribution in [1.29, 1.82) is 0 Å². The summed E-state index contributed by atoms with van der Waals surface area (Å²) in [6.07, 6.45) is 4.26. The summed E-state index contributed by atoms with van der Waals surface area (Å²) >= 11 is 0. The molecular formula is C13H23N3O2S. The molecule has 0 saturated carbocycles. The van der Waals surface area contributed by atoms with Crippen molar-refractivity contribution in [2.24, 2.45) is 5.41 Å². The van der Waals surface area contributed by atoms with Crippen LogP contribution in [0.2, 0.25) is 0 Å². The second kappa shape index (κ2) is 5.25. The molecule has 1 aliphatic heterocycles. The maximum absolute atomic E-state index is 12.6. The van der Waals surface area contributed by atoms with Gasteiger partial charge in [0.2, 0.25) is 0 Å². The molecule has 1 aliphatic rings. The Morgan fingerprint density at radius 2 is 1.95 bits per heavy atom. The third-order valence-corrected chi connectivity index (χ3v) is 5.71. The predicted octanol–water partition coefficient (Wildman–Crippen LogP) is 2.10. The van der Waals surface area contributed by atoms with E-state index < -0.39 is 10.0 Å². The molecule has 0 unspecified atom stereocenters. The van der Waals surface area contributed by atoms with Crippen molar-refractivity contribution in [1.82, 2.24) is 14.1 Å². The molecule has 2 rings (SSSR count). The number of hydrogen-bond acceptors (Lipinski definition) is 3. The molecule has 0 aromatic carbocycles. The van der Waals surface area contributed by atoms with Gasteiger partial charge in [-0.05, 0) is 30.7 Å². The lowest BCUT2D eigenvalue weighted by molar-refractivity contribution is 0.195. The molecule has 1 saturated heterocycles. The first-order valence-electron chi connectivity index (χ1n) is 6.89. The lowest BCUT2D eigenvalue weighted by Gasteiger charge is -2.36. The summed E-state index contributed by atoms with van der Waals surface area (Å²) in [6, 6.07) is 1.60. The minimum Gasteiger partial charge on any atom is -0.253 e. The number of sulfonamides is 1. The van der Waals surface area contributed by atoms with Crippen LogP contribution in [0.3, 0.4) is 0 Å². The van der Waals surface area contributed by atoms with E-state index in [1.54, 1.807) is 21.3 Å². The van der Waals surface area contributed by atoms with Crippen molar-refractivity contribution in [3.05, 3.63) is 12.3 Å². The van der Waals surface area contributed by atoms with Crippen molar-refractivity contribution in [3.63, 3.8) is 0 Å². The van der Waals surface area contributed by atoms with E-state index in [0.29, 0.717) is 24.7 Å². The summed E-state index contributed by atoms with van der Waals surface area (Å²) in [5.74, 6) is 0. The molecule has 1 fully saturated rings. The van der Waals surface area contributed by atoms with Crippen LogP contribution < -0.4 is 0 Å². The summed E-state index contributed by atoms with van der Waals surface area (Å²) in [4.78, 5) is 0. The fourth-order valence-corrected chi connectivity index (χ4v) is 3.95. The summed E-state index contributed by atoms with van der Waals surface area (Å²) < 4.78 is 28.4. The van der Waals surface area contributed by atoms with Crippen molar-refractivity contribution < 1.29 is 8.42 Å². The monoisotopic (exact) mass is 285 g/mol. The smallest absolute Gasteiger partial charge is 0.253 e. The van der Waals surface area contributed by atoms with Crippen LogP contribution in [0.1, 0.15) is 40.0 Å². The number of rotatable bonds is 4. The van der Waals surface area contributed by atoms with Gasteiger partial charge in [-0.25, -0.2) is 8.42 Å². The van der Waals surface area contributed by atoms with E-state index >= 15 is 0 Å². The fourth-order valence-electron chi connectivity index (χ4n) is 2.38. The number of piperidine rings is 1. The Balaban J connectivity index is 2.21. The molecule has 19 heavy (non-hydrogen) atoms. The van der Waals surface area contributed by atoms with Gasteiger partial charge in [-0.3, -0.25) is 4.68 Å². The highest BCUT2D eigenvalue weighted by atomic mass is 32.2. The Kier molecular flexibility index (Phi) is 4.01. The first kappa shape index (κ1) is 14.5. The van der Waals surface area contributed by atoms with Crippen LogP contribution in [0, 0.1) is 5.41 Å². The topological polar surface area (TPSA) is 55.2 Å². The highest BCUT2D eigenvalue weighted by Gasteiger charge is 2.34. The van der Waals surface area contributed by atoms with Gasteiger partial charge in [-0.15, -0.1) is 0 Å². The molecule has 1 aromatic rings. The van der Waals surface area contributed by atoms with E-state index in [2.05, 4.69) is 18.9 Å². The Labute approximate surface area is 115 Å². The lowest BCUT2D eigenvalue weighted by atomic mass is 9.83. The van der Waals surface area contributed by atoms with E-state index in [9.17, 15) is 8.42 Å². The molecule has 0 bridgehead atoms. The molecule has 0 spiro atoms. The van der Waals surface area contributed by atoms with Crippen LogP contribution in [0.4, 0.5) is 0 Å². The first-order chi connectivity index (χ1) is 8.87. The van der Waals surface area contributed by atoms with E-state index in [-0.39, 0.29) is 5.41 Å². The number of nitrogens with zero attached hydrogens (tertiary/aromatic N) is 3. The third-order valence-electron chi connectivity index (χ3n) is 3.79. The molecule has 108 valence electrons. The van der Waals surface area contributed by atoms with Gasteiger partial charge in [-0.1, -0.05) is 20.8 Å². The molecule has 6 heteroatoms. The molecule has 0 atom stereocenters. The summed E-state index contributed by atoms with van der Waals surface area (Å²) in [5, 5.41) is 4.43. The zero-order chi connectivity index (χ0) is 14.1. The van der Waals surface area contributed by atoms with Gasteiger partial charge >= 0.3 is 0 Å². The van der Waals surface area contributed by atoms with Gasteiger partial charge in [0.05, 0.1) is 6.20 Å². The van der Waals surface area contributed by atoms with Crippen LogP contribution in [0.25, 0.3) is 0 Å². The highest BCUT2D eigenvalue weighted by Crippen LogP contribution is 2.32. The van der Waals surface area contributed by atoms with Crippen molar-refractivity contribution >= 4 is 10.0 Å². The van der Waals surface area contributed by atoms with Gasteiger partial charge < -0.3 is 0 Å². The minimum absolute atomic E-state index is 0.246. The van der Waals surface area contributed by atoms with E-state index in [1.807, 2.05) is 6.92 Å². The Hall–Kier alpha value is -0.880. The van der Waals surface area contributed by atoms with Crippen molar-refractivity contribution in [2.45, 2.75) is 51.6 Å². The zero-order valence-corrected chi connectivity index (χ0v) is 12.8. The molecule has 5 nitrogen and oxygen atoms in total. The Bertz CT molecular complexity index is 524. The van der Waals surface area contributed by atoms with Crippen molar-refractivity contribution in [2.75, 3.05) is 13.1 Å². The predicted molar refractivity (Wildman–Crippen MR) is 74.3 cm³/mol. The SMILES string of the molecule is CCCn1nccc1S(=O)(=O)N1CCC(C)(C)CC1. The maximum atomic E-state index is 12.6. The van der Waals surface area contributed by atoms with Gasteiger partial charge in [0, 0.05) is 19.6 Å². The largest absolute Gasteiger partial charge is 0.260 e. The van der Waals surface area contributed by atoms with E-state index in [1.165, 1.54) is 0 Å². The molecule has 0 radical (unpaired) electrons. The maximum Gasteiger partial charge on any atom is 0.260 e. The lowest BCUT2D eigenvalue weighted by Crippen LogP contribution is -2.41. The van der Waals surface area contributed by atoms with Crippen molar-refractivity contribution in [3.8, 4) is 0 Å². The summed E-state index contributed by atoms with van der Waals surface area (Å²) in [7, 11) is -3.39. The fraction of sp³-hybridized carbons (Fsp3) is 0.769. The summed E-state index contributed by atoms with van der Waals surface area (Å²) in [6.45, 7) is 8.25. The molecule has 0 aliphatic carbocycles. The zero-order valence-electron chi connectivity index (χ0n) is 12.0. The molecule has 1 aromatic heterocycles. The molecule has 0 N–H and O–H groups in total. The number of hydrogen-bond donors (Lipinski definition) is 0. The third kappa shape index (κ3) is 3.00. The average molecular weight is 285 g/mol. The number of aromatic nitrogens is 2. The second-order valence-corrected chi connectivity index (χ2v) is 7.85. The van der Waals surface area contributed by atoms with E-state index in [4.69, 9.17) is 0 Å². The molecular weight excluding hydrogens is 262 g/mol. The van der Waals surface area contributed by atoms with Crippen LogP contribution >= 0.6 is 0 Å². The van der Waals surface area contributed by atoms with Crippen LogP contribution in [-0.2, 0) is 16.6 Å². The Morgan fingerprint density at radius 1 is 1.32 bits per heavy atom. The summed E-state index contributed by atoms with van der Waals surface area (Å²) in [5.41, 5.74) is 0.246. The van der Waals surface area contributed by atoms with Gasteiger partial charge in [-0.2, -0.15) is 9.40 Å².